The van der Waals surface area contributed by atoms with Gasteiger partial charge in [-0.3, -0.25) is 0 Å². The van der Waals surface area contributed by atoms with Crippen LogP contribution in [-0.4, -0.2) is 38.3 Å². The minimum absolute atomic E-state index is 0.120. The van der Waals surface area contributed by atoms with Crippen LogP contribution in [0.5, 0.6) is 0 Å². The third-order valence-electron chi connectivity index (χ3n) is 2.70. The number of aliphatic hydroxyl groups excluding tert-OH is 1. The Hall–Kier alpha value is -1.53. The molecular formula is C10H13N3O3. The number of hydrogen-bond acceptors (Lipinski definition) is 5. The predicted octanol–water partition coefficient (Wildman–Crippen LogP) is -0.212. The molecule has 0 aromatic carbocycles. The summed E-state index contributed by atoms with van der Waals surface area (Å²) in [5.41, 5.74) is 0.596. The molecule has 1 saturated carbocycles. The van der Waals surface area contributed by atoms with Crippen molar-refractivity contribution in [1.82, 2.24) is 15.3 Å². The van der Waals surface area contributed by atoms with Crippen molar-refractivity contribution < 1.29 is 15.0 Å². The lowest BCUT2D eigenvalue weighted by atomic mass is 9.89. The lowest BCUT2D eigenvalue weighted by Gasteiger charge is -2.32. The fourth-order valence-electron chi connectivity index (χ4n) is 1.67. The van der Waals surface area contributed by atoms with Crippen molar-refractivity contribution in [2.24, 2.45) is 0 Å². The highest BCUT2D eigenvalue weighted by molar-refractivity contribution is 5.88. The maximum absolute atomic E-state index is 10.9. The highest BCUT2D eigenvalue weighted by atomic mass is 16.4. The summed E-state index contributed by atoms with van der Waals surface area (Å²) in [7, 11) is 0. The van der Waals surface area contributed by atoms with Gasteiger partial charge in [0.2, 0.25) is 0 Å². The van der Waals surface area contributed by atoms with E-state index in [-0.39, 0.29) is 17.7 Å². The number of nitrogens with zero attached hydrogens (tertiary/aromatic N) is 2. The Morgan fingerprint density at radius 1 is 1.56 bits per heavy atom. The number of hydrogen-bond donors (Lipinski definition) is 3. The van der Waals surface area contributed by atoms with Gasteiger partial charge in [-0.1, -0.05) is 0 Å². The summed E-state index contributed by atoms with van der Waals surface area (Å²) in [5.74, 6) is -1.02. The zero-order chi connectivity index (χ0) is 11.5. The number of aliphatic hydroxyl groups is 1. The summed E-state index contributed by atoms with van der Waals surface area (Å²) in [6, 6.07) is 0.256. The van der Waals surface area contributed by atoms with Gasteiger partial charge in [-0.25, -0.2) is 14.8 Å². The summed E-state index contributed by atoms with van der Waals surface area (Å²) in [5, 5.41) is 21.1. The smallest absolute Gasteiger partial charge is 0.339 e. The second-order valence-corrected chi connectivity index (χ2v) is 3.89. The van der Waals surface area contributed by atoms with E-state index in [4.69, 9.17) is 10.2 Å². The monoisotopic (exact) mass is 223 g/mol. The molecule has 1 aliphatic carbocycles. The Balaban J connectivity index is 1.95. The van der Waals surface area contributed by atoms with E-state index in [1.807, 2.05) is 0 Å². The number of carboxylic acids is 1. The molecule has 6 nitrogen and oxygen atoms in total. The first kappa shape index (κ1) is 11.0. The van der Waals surface area contributed by atoms with Crippen LogP contribution in [0.3, 0.4) is 0 Å². The zero-order valence-electron chi connectivity index (χ0n) is 8.63. The van der Waals surface area contributed by atoms with Gasteiger partial charge >= 0.3 is 5.97 Å². The Labute approximate surface area is 92.4 Å². The number of nitrogens with one attached hydrogen (secondary N) is 1. The van der Waals surface area contributed by atoms with E-state index in [1.54, 1.807) is 0 Å². The molecule has 1 fully saturated rings. The molecule has 3 N–H and O–H groups in total. The maximum Gasteiger partial charge on any atom is 0.339 e. The summed E-state index contributed by atoms with van der Waals surface area (Å²) in [6.07, 6.45) is 3.84. The van der Waals surface area contributed by atoms with Gasteiger partial charge in [0, 0.05) is 18.8 Å². The molecule has 1 aromatic rings. The van der Waals surface area contributed by atoms with Gasteiger partial charge in [-0.2, -0.15) is 0 Å². The molecule has 0 unspecified atom stereocenters. The molecular weight excluding hydrogens is 210 g/mol. The highest BCUT2D eigenvalue weighted by Gasteiger charge is 2.26. The first-order valence-electron chi connectivity index (χ1n) is 5.10. The number of carbonyl (C=O) groups is 1. The molecule has 16 heavy (non-hydrogen) atoms. The van der Waals surface area contributed by atoms with Gasteiger partial charge in [-0.05, 0) is 12.8 Å². The Kier molecular flexibility index (Phi) is 3.12. The predicted molar refractivity (Wildman–Crippen MR) is 54.9 cm³/mol. The number of aromatic carboxylic acids is 1. The first-order chi connectivity index (χ1) is 7.66. The Bertz CT molecular complexity index is 391. The number of aromatic nitrogens is 2. The van der Waals surface area contributed by atoms with E-state index in [2.05, 4.69) is 15.3 Å². The van der Waals surface area contributed by atoms with Gasteiger partial charge in [0.25, 0.3) is 0 Å². The van der Waals surface area contributed by atoms with E-state index >= 15 is 0 Å². The van der Waals surface area contributed by atoms with Crippen molar-refractivity contribution in [2.75, 3.05) is 0 Å². The minimum Gasteiger partial charge on any atom is -0.478 e. The van der Waals surface area contributed by atoms with Gasteiger partial charge < -0.3 is 15.5 Å². The molecule has 0 radical (unpaired) electrons. The van der Waals surface area contributed by atoms with Gasteiger partial charge in [0.05, 0.1) is 11.8 Å². The molecule has 0 bridgehead atoms. The second-order valence-electron chi connectivity index (χ2n) is 3.89. The fraction of sp³-hybridized carbons (Fsp3) is 0.500. The lowest BCUT2D eigenvalue weighted by Crippen LogP contribution is -2.43. The van der Waals surface area contributed by atoms with Crippen LogP contribution < -0.4 is 5.32 Å². The molecule has 0 aliphatic heterocycles. The van der Waals surface area contributed by atoms with Crippen molar-refractivity contribution in [3.63, 3.8) is 0 Å². The number of rotatable bonds is 4. The van der Waals surface area contributed by atoms with Crippen LogP contribution in [0.2, 0.25) is 0 Å². The van der Waals surface area contributed by atoms with Crippen LogP contribution in [0.25, 0.3) is 0 Å². The quantitative estimate of drug-likeness (QED) is 0.653. The summed E-state index contributed by atoms with van der Waals surface area (Å²) in [4.78, 5) is 18.5. The lowest BCUT2D eigenvalue weighted by molar-refractivity contribution is 0.0611. The van der Waals surface area contributed by atoms with Crippen molar-refractivity contribution in [2.45, 2.75) is 31.5 Å². The second kappa shape index (κ2) is 4.54. The van der Waals surface area contributed by atoms with Crippen LogP contribution in [0.15, 0.2) is 12.5 Å². The third kappa shape index (κ3) is 2.34. The third-order valence-corrected chi connectivity index (χ3v) is 2.70. The van der Waals surface area contributed by atoms with Gasteiger partial charge in [-0.15, -0.1) is 0 Å². The van der Waals surface area contributed by atoms with Crippen molar-refractivity contribution in [3.8, 4) is 0 Å². The Morgan fingerprint density at radius 3 is 2.94 bits per heavy atom. The van der Waals surface area contributed by atoms with Crippen molar-refractivity contribution >= 4 is 5.97 Å². The van der Waals surface area contributed by atoms with Crippen LogP contribution in [0.1, 0.15) is 28.9 Å². The molecule has 1 heterocycles. The molecule has 6 heteroatoms. The number of carboxylic acid groups (broad SMARTS) is 1. The summed E-state index contributed by atoms with van der Waals surface area (Å²) in [6.45, 7) is 0.390. The van der Waals surface area contributed by atoms with Crippen LogP contribution in [0, 0.1) is 0 Å². The van der Waals surface area contributed by atoms with Crippen molar-refractivity contribution in [3.05, 3.63) is 23.8 Å². The molecule has 0 saturated heterocycles. The maximum atomic E-state index is 10.9. The van der Waals surface area contributed by atoms with E-state index in [0.717, 1.165) is 0 Å². The van der Waals surface area contributed by atoms with Crippen LogP contribution >= 0.6 is 0 Å². The molecule has 0 atom stereocenters. The normalized spacial score (nSPS) is 23.8. The summed E-state index contributed by atoms with van der Waals surface area (Å²) >= 11 is 0. The average Bonchev–Trinajstić information content (AvgIpc) is 2.23. The zero-order valence-corrected chi connectivity index (χ0v) is 8.63. The largest absolute Gasteiger partial charge is 0.478 e. The van der Waals surface area contributed by atoms with E-state index in [1.165, 1.54) is 12.5 Å². The van der Waals surface area contributed by atoms with E-state index in [0.29, 0.717) is 25.1 Å². The fourth-order valence-corrected chi connectivity index (χ4v) is 1.67. The topological polar surface area (TPSA) is 95.3 Å². The molecule has 0 spiro atoms. The minimum atomic E-state index is -1.02. The van der Waals surface area contributed by atoms with Gasteiger partial charge in [0.15, 0.2) is 0 Å². The van der Waals surface area contributed by atoms with Crippen LogP contribution in [-0.2, 0) is 6.54 Å². The molecule has 86 valence electrons. The average molecular weight is 223 g/mol. The van der Waals surface area contributed by atoms with Gasteiger partial charge in [0.1, 0.15) is 11.9 Å². The van der Waals surface area contributed by atoms with E-state index < -0.39 is 5.97 Å². The van der Waals surface area contributed by atoms with Crippen molar-refractivity contribution in [1.29, 1.82) is 0 Å². The molecule has 1 aliphatic rings. The SMILES string of the molecule is O=C(O)c1cncnc1CNC1CC(O)C1. The van der Waals surface area contributed by atoms with Crippen LogP contribution in [0.4, 0.5) is 0 Å². The standard InChI is InChI=1S/C10H13N3O3/c14-7-1-6(2-7)12-4-9-8(10(15)16)3-11-5-13-9/h3,5-7,12,14H,1-2,4H2,(H,15,16). The molecule has 2 rings (SSSR count). The highest BCUT2D eigenvalue weighted by Crippen LogP contribution is 2.19. The summed E-state index contributed by atoms with van der Waals surface area (Å²) < 4.78 is 0. The first-order valence-corrected chi connectivity index (χ1v) is 5.10. The molecule has 1 aromatic heterocycles. The Morgan fingerprint density at radius 2 is 2.31 bits per heavy atom. The molecule has 0 amide bonds. The van der Waals surface area contributed by atoms with E-state index in [9.17, 15) is 4.79 Å².